The van der Waals surface area contributed by atoms with Gasteiger partial charge in [-0.25, -0.2) is 0 Å². The molecule has 1 N–H and O–H groups in total. The molecule has 0 heterocycles. The van der Waals surface area contributed by atoms with Crippen LogP contribution in [0.2, 0.25) is 15.1 Å². The van der Waals surface area contributed by atoms with Crippen molar-refractivity contribution in [3.05, 3.63) is 57.5 Å². The van der Waals surface area contributed by atoms with E-state index < -0.39 is 0 Å². The molecule has 8 heteroatoms. The second-order valence-corrected chi connectivity index (χ2v) is 7.44. The zero-order valence-electron chi connectivity index (χ0n) is 13.3. The van der Waals surface area contributed by atoms with Crippen molar-refractivity contribution in [2.24, 2.45) is 0 Å². The normalized spacial score (nSPS) is 10.4. The fourth-order valence-corrected chi connectivity index (χ4v) is 3.34. The van der Waals surface area contributed by atoms with Gasteiger partial charge in [-0.15, -0.1) is 11.8 Å². The van der Waals surface area contributed by atoms with Crippen LogP contribution in [0.25, 0.3) is 0 Å². The van der Waals surface area contributed by atoms with Gasteiger partial charge in [0.1, 0.15) is 0 Å². The predicted molar refractivity (Wildman–Crippen MR) is 105 cm³/mol. The fourth-order valence-electron chi connectivity index (χ4n) is 1.89. The molecule has 0 bridgehead atoms. The van der Waals surface area contributed by atoms with Crippen LogP contribution >= 0.6 is 46.6 Å². The van der Waals surface area contributed by atoms with Gasteiger partial charge in [-0.3, -0.25) is 9.59 Å². The summed E-state index contributed by atoms with van der Waals surface area (Å²) in [5.41, 5.74) is 0.340. The van der Waals surface area contributed by atoms with E-state index in [9.17, 15) is 9.59 Å². The highest BCUT2D eigenvalue weighted by Gasteiger charge is 2.15. The Kier molecular flexibility index (Phi) is 7.44. The van der Waals surface area contributed by atoms with Gasteiger partial charge < -0.3 is 10.2 Å². The summed E-state index contributed by atoms with van der Waals surface area (Å²) in [6.07, 6.45) is 0. The Morgan fingerprint density at radius 1 is 1.04 bits per heavy atom. The van der Waals surface area contributed by atoms with Crippen LogP contribution in [0.4, 0.5) is 5.69 Å². The standard InChI is InChI=1S/C17H15Cl3N2O2S/c1-22(16(24)10-25-12-7-5-11(18)6-8-12)9-15(23)21-17-13(19)3-2-4-14(17)20/h2-8H,9-10H2,1H3,(H,21,23). The van der Waals surface area contributed by atoms with E-state index in [1.807, 2.05) is 12.1 Å². The number of amides is 2. The maximum Gasteiger partial charge on any atom is 0.244 e. The Hall–Kier alpha value is -1.40. The molecular weight excluding hydrogens is 403 g/mol. The molecule has 0 aliphatic heterocycles. The van der Waals surface area contributed by atoms with E-state index in [4.69, 9.17) is 34.8 Å². The lowest BCUT2D eigenvalue weighted by molar-refractivity contribution is -0.131. The van der Waals surface area contributed by atoms with Crippen molar-refractivity contribution < 1.29 is 9.59 Å². The summed E-state index contributed by atoms with van der Waals surface area (Å²) < 4.78 is 0. The monoisotopic (exact) mass is 416 g/mol. The van der Waals surface area contributed by atoms with Crippen LogP contribution in [0, 0.1) is 0 Å². The first kappa shape index (κ1) is 19.9. The van der Waals surface area contributed by atoms with Gasteiger partial charge in [0, 0.05) is 17.0 Å². The number of thioether (sulfide) groups is 1. The minimum Gasteiger partial charge on any atom is -0.336 e. The average Bonchev–Trinajstić information content (AvgIpc) is 2.57. The number of carbonyl (C=O) groups is 2. The average molecular weight is 418 g/mol. The highest BCUT2D eigenvalue weighted by molar-refractivity contribution is 8.00. The van der Waals surface area contributed by atoms with Gasteiger partial charge in [0.05, 0.1) is 28.0 Å². The number of hydrogen-bond acceptors (Lipinski definition) is 3. The molecule has 2 amide bonds. The number of benzene rings is 2. The van der Waals surface area contributed by atoms with E-state index in [0.717, 1.165) is 4.90 Å². The van der Waals surface area contributed by atoms with Gasteiger partial charge in [0.2, 0.25) is 11.8 Å². The number of halogens is 3. The molecular formula is C17H15Cl3N2O2S. The Morgan fingerprint density at radius 2 is 1.64 bits per heavy atom. The molecule has 0 fully saturated rings. The molecule has 2 aromatic rings. The number of carbonyl (C=O) groups excluding carboxylic acids is 2. The third kappa shape index (κ3) is 6.12. The predicted octanol–water partition coefficient (Wildman–Crippen LogP) is 4.84. The Bertz CT molecular complexity index is 749. The van der Waals surface area contributed by atoms with Gasteiger partial charge in [-0.2, -0.15) is 0 Å². The quantitative estimate of drug-likeness (QED) is 0.684. The number of hydrogen-bond donors (Lipinski definition) is 1. The Balaban J connectivity index is 1.85. The Labute approximate surface area is 165 Å². The minimum atomic E-state index is -0.373. The van der Waals surface area contributed by atoms with Gasteiger partial charge in [-0.1, -0.05) is 40.9 Å². The van der Waals surface area contributed by atoms with Crippen molar-refractivity contribution in [1.82, 2.24) is 4.90 Å². The number of para-hydroxylation sites is 1. The van der Waals surface area contributed by atoms with Crippen molar-refractivity contribution >= 4 is 64.1 Å². The minimum absolute atomic E-state index is 0.0957. The maximum atomic E-state index is 12.2. The van der Waals surface area contributed by atoms with Gasteiger partial charge >= 0.3 is 0 Å². The molecule has 0 saturated carbocycles. The van der Waals surface area contributed by atoms with Gasteiger partial charge in [-0.05, 0) is 36.4 Å². The highest BCUT2D eigenvalue weighted by Crippen LogP contribution is 2.29. The molecule has 0 spiro atoms. The third-order valence-electron chi connectivity index (χ3n) is 3.21. The Morgan fingerprint density at radius 3 is 2.24 bits per heavy atom. The molecule has 2 rings (SSSR count). The highest BCUT2D eigenvalue weighted by atomic mass is 35.5. The lowest BCUT2D eigenvalue weighted by Gasteiger charge is -2.17. The second kappa shape index (κ2) is 9.34. The molecule has 4 nitrogen and oxygen atoms in total. The van der Waals surface area contributed by atoms with Gasteiger partial charge in [0.25, 0.3) is 0 Å². The molecule has 0 atom stereocenters. The first-order valence-electron chi connectivity index (χ1n) is 7.23. The summed E-state index contributed by atoms with van der Waals surface area (Å²) in [6.45, 7) is -0.0957. The van der Waals surface area contributed by atoms with Crippen LogP contribution in [-0.4, -0.2) is 36.1 Å². The van der Waals surface area contributed by atoms with Crippen LogP contribution in [-0.2, 0) is 9.59 Å². The smallest absolute Gasteiger partial charge is 0.244 e. The number of likely N-dealkylation sites (N-methyl/N-ethyl adjacent to an activating group) is 1. The topological polar surface area (TPSA) is 49.4 Å². The molecule has 0 aliphatic rings. The molecule has 2 aromatic carbocycles. The summed E-state index contributed by atoms with van der Waals surface area (Å²) in [5, 5.41) is 3.95. The zero-order valence-corrected chi connectivity index (χ0v) is 16.3. The van der Waals surface area contributed by atoms with E-state index in [1.54, 1.807) is 37.4 Å². The number of nitrogens with one attached hydrogen (secondary N) is 1. The van der Waals surface area contributed by atoms with Crippen LogP contribution < -0.4 is 5.32 Å². The summed E-state index contributed by atoms with van der Waals surface area (Å²) in [6, 6.07) is 12.1. The van der Waals surface area contributed by atoms with Crippen molar-refractivity contribution in [3.63, 3.8) is 0 Å². The van der Waals surface area contributed by atoms with Crippen LogP contribution in [0.3, 0.4) is 0 Å². The van der Waals surface area contributed by atoms with Crippen molar-refractivity contribution in [1.29, 1.82) is 0 Å². The van der Waals surface area contributed by atoms with E-state index >= 15 is 0 Å². The van der Waals surface area contributed by atoms with Crippen LogP contribution in [0.15, 0.2) is 47.4 Å². The fraction of sp³-hybridized carbons (Fsp3) is 0.176. The molecule has 0 unspecified atom stereocenters. The first-order chi connectivity index (χ1) is 11.9. The lowest BCUT2D eigenvalue weighted by atomic mass is 10.3. The molecule has 0 aromatic heterocycles. The number of anilines is 1. The summed E-state index contributed by atoms with van der Waals surface area (Å²) in [5.74, 6) is -0.319. The van der Waals surface area contributed by atoms with Crippen molar-refractivity contribution in [2.45, 2.75) is 4.90 Å². The maximum absolute atomic E-state index is 12.2. The zero-order chi connectivity index (χ0) is 18.4. The number of nitrogens with zero attached hydrogens (tertiary/aromatic N) is 1. The molecule has 25 heavy (non-hydrogen) atoms. The largest absolute Gasteiger partial charge is 0.336 e. The molecule has 0 radical (unpaired) electrons. The van der Waals surface area contributed by atoms with Crippen LogP contribution in [0.5, 0.6) is 0 Å². The molecule has 0 aliphatic carbocycles. The van der Waals surface area contributed by atoms with Crippen molar-refractivity contribution in [3.8, 4) is 0 Å². The van der Waals surface area contributed by atoms with E-state index in [0.29, 0.717) is 20.8 Å². The number of rotatable bonds is 6. The van der Waals surface area contributed by atoms with E-state index in [2.05, 4.69) is 5.32 Å². The third-order valence-corrected chi connectivity index (χ3v) is 5.09. The SMILES string of the molecule is CN(CC(=O)Nc1c(Cl)cccc1Cl)C(=O)CSc1ccc(Cl)cc1. The lowest BCUT2D eigenvalue weighted by Crippen LogP contribution is -2.36. The summed E-state index contributed by atoms with van der Waals surface area (Å²) in [4.78, 5) is 26.5. The molecule has 0 saturated heterocycles. The van der Waals surface area contributed by atoms with E-state index in [-0.39, 0.29) is 24.1 Å². The second-order valence-electron chi connectivity index (χ2n) is 5.14. The van der Waals surface area contributed by atoms with Gasteiger partial charge in [0.15, 0.2) is 0 Å². The van der Waals surface area contributed by atoms with E-state index in [1.165, 1.54) is 16.7 Å². The van der Waals surface area contributed by atoms with Crippen molar-refractivity contribution in [2.75, 3.05) is 24.7 Å². The first-order valence-corrected chi connectivity index (χ1v) is 9.35. The van der Waals surface area contributed by atoms with Crippen LogP contribution in [0.1, 0.15) is 0 Å². The molecule has 132 valence electrons. The summed E-state index contributed by atoms with van der Waals surface area (Å²) in [7, 11) is 1.57. The summed E-state index contributed by atoms with van der Waals surface area (Å²) >= 11 is 19.2.